The Hall–Kier alpha value is -3.35. The number of piperazine rings is 1. The monoisotopic (exact) mass is 378 g/mol. The number of esters is 1. The lowest BCUT2D eigenvalue weighted by Crippen LogP contribution is -2.47. The summed E-state index contributed by atoms with van der Waals surface area (Å²) in [7, 11) is 3.03. The van der Waals surface area contributed by atoms with E-state index in [2.05, 4.69) is 26.9 Å². The summed E-state index contributed by atoms with van der Waals surface area (Å²) in [5, 5.41) is 0. The van der Waals surface area contributed by atoms with Crippen LogP contribution in [0.1, 0.15) is 10.5 Å². The van der Waals surface area contributed by atoms with Crippen LogP contribution < -0.4 is 14.5 Å². The summed E-state index contributed by atoms with van der Waals surface area (Å²) in [6, 6.07) is 15.6. The summed E-state index contributed by atoms with van der Waals surface area (Å²) in [6.45, 7) is 3.12. The van der Waals surface area contributed by atoms with Crippen LogP contribution in [0.2, 0.25) is 0 Å². The molecule has 0 aliphatic carbocycles. The molecule has 1 aliphatic heterocycles. The third kappa shape index (κ3) is 3.43. The topological polar surface area (TPSA) is 67.8 Å². The second kappa shape index (κ2) is 7.72. The van der Waals surface area contributed by atoms with Crippen molar-refractivity contribution in [2.75, 3.05) is 50.2 Å². The molecule has 7 nitrogen and oxygen atoms in total. The number of aromatic nitrogens is 2. The van der Waals surface area contributed by atoms with Gasteiger partial charge in [-0.2, -0.15) is 0 Å². The molecule has 1 saturated heterocycles. The Morgan fingerprint density at radius 2 is 1.46 bits per heavy atom. The second-order valence-corrected chi connectivity index (χ2v) is 6.55. The van der Waals surface area contributed by atoms with Gasteiger partial charge in [-0.15, -0.1) is 0 Å². The first-order valence-corrected chi connectivity index (χ1v) is 9.18. The van der Waals surface area contributed by atoms with E-state index in [0.29, 0.717) is 11.3 Å². The predicted octanol–water partition coefficient (Wildman–Crippen LogP) is 2.75. The van der Waals surface area contributed by atoms with Crippen LogP contribution in [0.25, 0.3) is 11.0 Å². The molecule has 144 valence electrons. The molecule has 0 bridgehead atoms. The van der Waals surface area contributed by atoms with Gasteiger partial charge in [-0.25, -0.2) is 14.8 Å². The smallest absolute Gasteiger partial charge is 0.360 e. The Kier molecular flexibility index (Phi) is 4.97. The zero-order valence-electron chi connectivity index (χ0n) is 16.0. The maximum Gasteiger partial charge on any atom is 0.360 e. The van der Waals surface area contributed by atoms with Gasteiger partial charge in [0.15, 0.2) is 11.5 Å². The van der Waals surface area contributed by atoms with Crippen molar-refractivity contribution in [3.63, 3.8) is 0 Å². The van der Waals surface area contributed by atoms with Crippen LogP contribution in [0, 0.1) is 0 Å². The number of nitrogens with zero attached hydrogens (tertiary/aromatic N) is 4. The number of rotatable bonds is 4. The molecule has 0 N–H and O–H groups in total. The Bertz CT molecular complexity index is 983. The highest BCUT2D eigenvalue weighted by Crippen LogP contribution is 2.25. The molecule has 0 radical (unpaired) electrons. The Morgan fingerprint density at radius 3 is 2.07 bits per heavy atom. The lowest BCUT2D eigenvalue weighted by atomic mass is 10.2. The molecule has 2 aromatic carbocycles. The number of hydrogen-bond acceptors (Lipinski definition) is 7. The molecule has 28 heavy (non-hydrogen) atoms. The number of carbonyl (C=O) groups is 1. The molecular formula is C21H22N4O3. The standard InChI is InChI=1S/C21H22N4O3/c1-27-16-9-7-15(8-10-16)24-11-13-25(14-12-24)20-19(21(26)28-2)22-17-5-3-4-6-18(17)23-20/h3-10H,11-14H2,1-2H3. The van der Waals surface area contributed by atoms with Gasteiger partial charge in [0.05, 0.1) is 25.3 Å². The van der Waals surface area contributed by atoms with E-state index >= 15 is 0 Å². The SMILES string of the molecule is COC(=O)c1nc2ccccc2nc1N1CCN(c2ccc(OC)cc2)CC1. The fraction of sp³-hybridized carbons (Fsp3) is 0.286. The molecule has 0 atom stereocenters. The van der Waals surface area contributed by atoms with Gasteiger partial charge in [0.25, 0.3) is 0 Å². The van der Waals surface area contributed by atoms with Gasteiger partial charge in [0.2, 0.25) is 0 Å². The number of fused-ring (bicyclic) bond motifs is 1. The van der Waals surface area contributed by atoms with Crippen LogP contribution in [-0.4, -0.2) is 56.3 Å². The maximum atomic E-state index is 12.3. The van der Waals surface area contributed by atoms with Crippen LogP contribution in [0.4, 0.5) is 11.5 Å². The first-order valence-electron chi connectivity index (χ1n) is 9.18. The van der Waals surface area contributed by atoms with Gasteiger partial charge in [-0.1, -0.05) is 12.1 Å². The molecular weight excluding hydrogens is 356 g/mol. The third-order valence-electron chi connectivity index (χ3n) is 4.95. The highest BCUT2D eigenvalue weighted by atomic mass is 16.5. The fourth-order valence-electron chi connectivity index (χ4n) is 3.41. The minimum Gasteiger partial charge on any atom is -0.497 e. The van der Waals surface area contributed by atoms with Crippen molar-refractivity contribution in [3.05, 3.63) is 54.2 Å². The molecule has 1 fully saturated rings. The first kappa shape index (κ1) is 18.0. The van der Waals surface area contributed by atoms with Crippen molar-refractivity contribution in [1.82, 2.24) is 9.97 Å². The molecule has 7 heteroatoms. The van der Waals surface area contributed by atoms with Crippen LogP contribution in [0.15, 0.2) is 48.5 Å². The van der Waals surface area contributed by atoms with E-state index in [1.54, 1.807) is 7.11 Å². The Labute approximate surface area is 163 Å². The lowest BCUT2D eigenvalue weighted by Gasteiger charge is -2.37. The van der Waals surface area contributed by atoms with Crippen LogP contribution in [0.5, 0.6) is 5.75 Å². The average molecular weight is 378 g/mol. The van der Waals surface area contributed by atoms with Gasteiger partial charge in [0, 0.05) is 31.9 Å². The fourth-order valence-corrected chi connectivity index (χ4v) is 3.41. The Balaban J connectivity index is 1.58. The third-order valence-corrected chi connectivity index (χ3v) is 4.95. The van der Waals surface area contributed by atoms with E-state index in [-0.39, 0.29) is 5.69 Å². The zero-order chi connectivity index (χ0) is 19.5. The van der Waals surface area contributed by atoms with E-state index in [9.17, 15) is 4.79 Å². The van der Waals surface area contributed by atoms with Crippen molar-refractivity contribution >= 4 is 28.5 Å². The number of carbonyl (C=O) groups excluding carboxylic acids is 1. The normalized spacial score (nSPS) is 14.2. The number of para-hydroxylation sites is 2. The average Bonchev–Trinajstić information content (AvgIpc) is 2.78. The quantitative estimate of drug-likeness (QED) is 0.647. The van der Waals surface area contributed by atoms with Crippen LogP contribution >= 0.6 is 0 Å². The minimum absolute atomic E-state index is 0.263. The molecule has 1 aromatic heterocycles. The molecule has 3 aromatic rings. The number of anilines is 2. The largest absolute Gasteiger partial charge is 0.497 e. The number of hydrogen-bond donors (Lipinski definition) is 0. The summed E-state index contributed by atoms with van der Waals surface area (Å²) in [6.07, 6.45) is 0. The maximum absolute atomic E-state index is 12.3. The number of benzene rings is 2. The zero-order valence-corrected chi connectivity index (χ0v) is 16.0. The summed E-state index contributed by atoms with van der Waals surface area (Å²) in [4.78, 5) is 25.9. The molecule has 0 saturated carbocycles. The Morgan fingerprint density at radius 1 is 0.857 bits per heavy atom. The molecule has 0 amide bonds. The van der Waals surface area contributed by atoms with E-state index in [1.807, 2.05) is 36.4 Å². The molecule has 0 spiro atoms. The first-order chi connectivity index (χ1) is 13.7. The van der Waals surface area contributed by atoms with E-state index in [0.717, 1.165) is 43.1 Å². The molecule has 1 aliphatic rings. The highest BCUT2D eigenvalue weighted by Gasteiger charge is 2.25. The van der Waals surface area contributed by atoms with Crippen LogP contribution in [-0.2, 0) is 4.74 Å². The summed E-state index contributed by atoms with van der Waals surface area (Å²) < 4.78 is 10.2. The van der Waals surface area contributed by atoms with Gasteiger partial charge < -0.3 is 19.3 Å². The minimum atomic E-state index is -0.467. The van der Waals surface area contributed by atoms with Crippen molar-refractivity contribution in [2.45, 2.75) is 0 Å². The second-order valence-electron chi connectivity index (χ2n) is 6.55. The highest BCUT2D eigenvalue weighted by molar-refractivity contribution is 5.95. The van der Waals surface area contributed by atoms with Gasteiger partial charge in [-0.3, -0.25) is 0 Å². The number of ether oxygens (including phenoxy) is 2. The molecule has 0 unspecified atom stereocenters. The van der Waals surface area contributed by atoms with Crippen molar-refractivity contribution in [1.29, 1.82) is 0 Å². The van der Waals surface area contributed by atoms with Crippen LogP contribution in [0.3, 0.4) is 0 Å². The van der Waals surface area contributed by atoms with Gasteiger partial charge in [0.1, 0.15) is 5.75 Å². The van der Waals surface area contributed by atoms with E-state index in [1.165, 1.54) is 7.11 Å². The summed E-state index contributed by atoms with van der Waals surface area (Å²) >= 11 is 0. The lowest BCUT2D eigenvalue weighted by molar-refractivity contribution is 0.0595. The van der Waals surface area contributed by atoms with Crippen molar-refractivity contribution < 1.29 is 14.3 Å². The van der Waals surface area contributed by atoms with Gasteiger partial charge >= 0.3 is 5.97 Å². The number of methoxy groups -OCH3 is 2. The van der Waals surface area contributed by atoms with Gasteiger partial charge in [-0.05, 0) is 36.4 Å². The van der Waals surface area contributed by atoms with Crippen molar-refractivity contribution in [3.8, 4) is 5.75 Å². The predicted molar refractivity (Wildman–Crippen MR) is 108 cm³/mol. The molecule has 2 heterocycles. The summed E-state index contributed by atoms with van der Waals surface area (Å²) in [5.74, 6) is 0.960. The van der Waals surface area contributed by atoms with E-state index < -0.39 is 5.97 Å². The van der Waals surface area contributed by atoms with E-state index in [4.69, 9.17) is 14.5 Å². The van der Waals surface area contributed by atoms with Crippen molar-refractivity contribution in [2.24, 2.45) is 0 Å². The molecule has 4 rings (SSSR count). The summed E-state index contributed by atoms with van der Waals surface area (Å²) in [5.41, 5.74) is 2.86.